The zero-order valence-electron chi connectivity index (χ0n) is 12.5. The van der Waals surface area contributed by atoms with Crippen molar-refractivity contribution in [1.82, 2.24) is 0 Å². The van der Waals surface area contributed by atoms with Crippen molar-refractivity contribution in [3.8, 4) is 6.07 Å². The fourth-order valence-corrected chi connectivity index (χ4v) is 2.79. The first kappa shape index (κ1) is 16.0. The molecule has 1 atom stereocenters. The van der Waals surface area contributed by atoms with Crippen LogP contribution in [0, 0.1) is 11.3 Å². The highest BCUT2D eigenvalue weighted by Crippen LogP contribution is 2.39. The fraction of sp³-hybridized carbons (Fsp3) is 0.250. The Morgan fingerprint density at radius 2 is 2.05 bits per heavy atom. The highest BCUT2D eigenvalue weighted by molar-refractivity contribution is 7.98. The second-order valence-electron chi connectivity index (χ2n) is 4.66. The van der Waals surface area contributed by atoms with Crippen LogP contribution in [0.2, 0.25) is 0 Å². The highest BCUT2D eigenvalue weighted by atomic mass is 32.2. The van der Waals surface area contributed by atoms with Gasteiger partial charge in [-0.3, -0.25) is 0 Å². The van der Waals surface area contributed by atoms with Gasteiger partial charge in [-0.15, -0.1) is 11.8 Å². The van der Waals surface area contributed by atoms with E-state index in [0.29, 0.717) is 11.3 Å². The van der Waals surface area contributed by atoms with Crippen molar-refractivity contribution in [1.29, 1.82) is 5.26 Å². The van der Waals surface area contributed by atoms with E-state index in [4.69, 9.17) is 15.2 Å². The van der Waals surface area contributed by atoms with Gasteiger partial charge < -0.3 is 15.2 Å². The molecule has 0 unspecified atom stereocenters. The molecule has 1 aromatic carbocycles. The number of ether oxygens (including phenoxy) is 2. The van der Waals surface area contributed by atoms with Gasteiger partial charge in [0.25, 0.3) is 0 Å². The van der Waals surface area contributed by atoms with Crippen LogP contribution in [0.4, 0.5) is 0 Å². The van der Waals surface area contributed by atoms with E-state index < -0.39 is 11.9 Å². The minimum absolute atomic E-state index is 0.0200. The molecular formula is C16H16N2O3S. The first-order chi connectivity index (χ1) is 10.5. The lowest BCUT2D eigenvalue weighted by molar-refractivity contribution is -0.136. The molecular weight excluding hydrogens is 300 g/mol. The molecule has 1 aromatic rings. The third-order valence-electron chi connectivity index (χ3n) is 3.46. The van der Waals surface area contributed by atoms with Crippen molar-refractivity contribution in [3.63, 3.8) is 0 Å². The van der Waals surface area contributed by atoms with E-state index in [1.807, 2.05) is 36.6 Å². The van der Waals surface area contributed by atoms with Gasteiger partial charge in [0, 0.05) is 4.90 Å². The van der Waals surface area contributed by atoms with Crippen LogP contribution in [-0.4, -0.2) is 19.3 Å². The van der Waals surface area contributed by atoms with Crippen LogP contribution in [0.1, 0.15) is 18.4 Å². The molecule has 0 saturated carbocycles. The molecule has 2 rings (SSSR count). The number of benzene rings is 1. The van der Waals surface area contributed by atoms with E-state index in [-0.39, 0.29) is 11.5 Å². The average Bonchev–Trinajstić information content (AvgIpc) is 2.53. The quantitative estimate of drug-likeness (QED) is 0.681. The normalized spacial score (nSPS) is 17.8. The Labute approximate surface area is 133 Å². The predicted octanol–water partition coefficient (Wildman–Crippen LogP) is 2.66. The van der Waals surface area contributed by atoms with Gasteiger partial charge in [-0.1, -0.05) is 12.1 Å². The van der Waals surface area contributed by atoms with E-state index in [1.165, 1.54) is 7.11 Å². The van der Waals surface area contributed by atoms with Crippen LogP contribution in [0.25, 0.3) is 0 Å². The minimum Gasteiger partial charge on any atom is -0.466 e. The molecule has 5 nitrogen and oxygen atoms in total. The Kier molecular flexibility index (Phi) is 4.78. The number of nitriles is 1. The largest absolute Gasteiger partial charge is 0.466 e. The van der Waals surface area contributed by atoms with Crippen LogP contribution in [-0.2, 0) is 14.3 Å². The van der Waals surface area contributed by atoms with Gasteiger partial charge in [0.2, 0.25) is 5.88 Å². The molecule has 1 aliphatic heterocycles. The summed E-state index contributed by atoms with van der Waals surface area (Å²) in [5, 5.41) is 9.41. The van der Waals surface area contributed by atoms with Gasteiger partial charge in [-0.25, -0.2) is 4.79 Å². The van der Waals surface area contributed by atoms with Gasteiger partial charge >= 0.3 is 5.97 Å². The average molecular weight is 316 g/mol. The second-order valence-corrected chi connectivity index (χ2v) is 5.54. The molecule has 2 N–H and O–H groups in total. The van der Waals surface area contributed by atoms with Crippen molar-refractivity contribution < 1.29 is 14.3 Å². The summed E-state index contributed by atoms with van der Waals surface area (Å²) in [5.41, 5.74) is 7.11. The van der Waals surface area contributed by atoms with Gasteiger partial charge in [-0.05, 0) is 30.9 Å². The van der Waals surface area contributed by atoms with Crippen LogP contribution in [0.15, 0.2) is 51.9 Å². The number of esters is 1. The first-order valence-electron chi connectivity index (χ1n) is 6.54. The Morgan fingerprint density at radius 1 is 1.41 bits per heavy atom. The molecule has 0 spiro atoms. The summed E-state index contributed by atoms with van der Waals surface area (Å²) < 4.78 is 10.2. The summed E-state index contributed by atoms with van der Waals surface area (Å²) in [7, 11) is 1.30. The van der Waals surface area contributed by atoms with Crippen molar-refractivity contribution in [2.75, 3.05) is 13.4 Å². The summed E-state index contributed by atoms with van der Waals surface area (Å²) in [6, 6.07) is 9.67. The third-order valence-corrected chi connectivity index (χ3v) is 4.20. The maximum Gasteiger partial charge on any atom is 0.338 e. The molecule has 0 bridgehead atoms. The number of hydrogen-bond acceptors (Lipinski definition) is 6. The van der Waals surface area contributed by atoms with Gasteiger partial charge in [0.1, 0.15) is 17.4 Å². The number of thioether (sulfide) groups is 1. The maximum atomic E-state index is 12.1. The van der Waals surface area contributed by atoms with Gasteiger partial charge in [-0.2, -0.15) is 5.26 Å². The minimum atomic E-state index is -0.581. The number of allylic oxidation sites excluding steroid dienone is 2. The predicted molar refractivity (Wildman–Crippen MR) is 83.6 cm³/mol. The Balaban J connectivity index is 2.59. The second kappa shape index (κ2) is 6.58. The number of hydrogen-bond donors (Lipinski definition) is 1. The summed E-state index contributed by atoms with van der Waals surface area (Å²) in [4.78, 5) is 13.2. The molecule has 0 radical (unpaired) electrons. The number of methoxy groups -OCH3 is 1. The van der Waals surface area contributed by atoms with Crippen LogP contribution in [0.5, 0.6) is 0 Å². The van der Waals surface area contributed by atoms with Crippen molar-refractivity contribution in [2.45, 2.75) is 17.7 Å². The summed E-state index contributed by atoms with van der Waals surface area (Å²) in [6.07, 6.45) is 1.98. The smallest absolute Gasteiger partial charge is 0.338 e. The lowest BCUT2D eigenvalue weighted by atomic mass is 9.83. The third kappa shape index (κ3) is 2.81. The molecule has 0 fully saturated rings. The Bertz CT molecular complexity index is 699. The zero-order valence-corrected chi connectivity index (χ0v) is 13.4. The molecule has 0 amide bonds. The monoisotopic (exact) mass is 316 g/mol. The molecule has 114 valence electrons. The van der Waals surface area contributed by atoms with Crippen LogP contribution in [0.3, 0.4) is 0 Å². The summed E-state index contributed by atoms with van der Waals surface area (Å²) in [5.74, 6) is -0.743. The van der Waals surface area contributed by atoms with E-state index >= 15 is 0 Å². The van der Waals surface area contributed by atoms with E-state index in [0.717, 1.165) is 10.5 Å². The van der Waals surface area contributed by atoms with Gasteiger partial charge in [0.15, 0.2) is 0 Å². The van der Waals surface area contributed by atoms with Crippen molar-refractivity contribution >= 4 is 17.7 Å². The first-order valence-corrected chi connectivity index (χ1v) is 7.76. The topological polar surface area (TPSA) is 85.3 Å². The number of carbonyl (C=O) groups excluding carboxylic acids is 1. The standard InChI is InChI=1S/C16H16N2O3S/c1-9-13(16(19)20-2)14(12(8-17)15(18)21-9)10-4-6-11(22-3)7-5-10/h4-7,14H,18H2,1-3H3/t14-/m1/s1. The molecule has 0 aliphatic carbocycles. The molecule has 1 aliphatic rings. The molecule has 0 saturated heterocycles. The molecule has 22 heavy (non-hydrogen) atoms. The lowest BCUT2D eigenvalue weighted by Crippen LogP contribution is -2.25. The molecule has 1 heterocycles. The van der Waals surface area contributed by atoms with E-state index in [2.05, 4.69) is 0 Å². The summed E-state index contributed by atoms with van der Waals surface area (Å²) in [6.45, 7) is 1.64. The van der Waals surface area contributed by atoms with Crippen LogP contribution < -0.4 is 5.73 Å². The fourth-order valence-electron chi connectivity index (χ4n) is 2.39. The van der Waals surface area contributed by atoms with Crippen molar-refractivity contribution in [3.05, 3.63) is 52.6 Å². The Morgan fingerprint density at radius 3 is 2.55 bits per heavy atom. The zero-order chi connectivity index (χ0) is 16.3. The van der Waals surface area contributed by atoms with Gasteiger partial charge in [0.05, 0.1) is 18.6 Å². The number of nitrogens with two attached hydrogens (primary N) is 1. The number of carbonyl (C=O) groups is 1. The number of rotatable bonds is 3. The number of nitrogens with zero attached hydrogens (tertiary/aromatic N) is 1. The van der Waals surface area contributed by atoms with Crippen LogP contribution >= 0.6 is 11.8 Å². The van der Waals surface area contributed by atoms with E-state index in [9.17, 15) is 10.1 Å². The molecule has 6 heteroatoms. The molecule has 0 aromatic heterocycles. The Hall–Kier alpha value is -2.39. The maximum absolute atomic E-state index is 12.1. The highest BCUT2D eigenvalue weighted by Gasteiger charge is 2.35. The SMILES string of the molecule is COC(=O)C1=C(C)OC(N)=C(C#N)[C@H]1c1ccc(SC)cc1. The van der Waals surface area contributed by atoms with Crippen molar-refractivity contribution in [2.24, 2.45) is 5.73 Å². The van der Waals surface area contributed by atoms with E-state index in [1.54, 1.807) is 18.7 Å². The lowest BCUT2D eigenvalue weighted by Gasteiger charge is -2.26. The summed E-state index contributed by atoms with van der Waals surface area (Å²) >= 11 is 1.61.